The molecule has 1 aromatic heterocycles. The first-order valence-electron chi connectivity index (χ1n) is 9.99. The summed E-state index contributed by atoms with van der Waals surface area (Å²) in [6.45, 7) is 20.8. The number of aryl methyl sites for hydroxylation is 1. The third-order valence-electron chi connectivity index (χ3n) is 4.83. The van der Waals surface area contributed by atoms with Gasteiger partial charge in [0.15, 0.2) is 0 Å². The molecule has 3 nitrogen and oxygen atoms in total. The monoisotopic (exact) mass is 345 g/mol. The average Bonchev–Trinajstić information content (AvgIpc) is 2.48. The van der Waals surface area contributed by atoms with Crippen molar-refractivity contribution < 1.29 is 0 Å². The second kappa shape index (κ2) is 8.64. The van der Waals surface area contributed by atoms with Gasteiger partial charge in [-0.05, 0) is 41.7 Å². The van der Waals surface area contributed by atoms with Crippen LogP contribution in [0.2, 0.25) is 0 Å². The molecular formula is C22H39N3. The lowest BCUT2D eigenvalue weighted by Crippen LogP contribution is -2.48. The van der Waals surface area contributed by atoms with E-state index in [9.17, 15) is 0 Å². The van der Waals surface area contributed by atoms with Gasteiger partial charge in [-0.25, -0.2) is 0 Å². The maximum atomic E-state index is 4.71. The van der Waals surface area contributed by atoms with E-state index in [2.05, 4.69) is 69.7 Å². The standard InChI is InChI=1S/C22H39N3/c1-21(2,3)11-7-8-19-9-10-20(23-16-19)17-24-12-14-25(15-13-24)18-22(4,5)6/h9-10,16H,7-8,11-15,17-18H2,1-6H3. The molecule has 0 amide bonds. The van der Waals surface area contributed by atoms with E-state index in [0.29, 0.717) is 10.8 Å². The van der Waals surface area contributed by atoms with E-state index < -0.39 is 0 Å². The normalized spacial score (nSPS) is 17.8. The highest BCUT2D eigenvalue weighted by Crippen LogP contribution is 2.22. The van der Waals surface area contributed by atoms with Crippen LogP contribution in [0.5, 0.6) is 0 Å². The van der Waals surface area contributed by atoms with Crippen LogP contribution in [0.1, 0.15) is 65.6 Å². The Labute approximate surface area is 155 Å². The van der Waals surface area contributed by atoms with Crippen molar-refractivity contribution in [1.82, 2.24) is 14.8 Å². The van der Waals surface area contributed by atoms with Crippen LogP contribution in [-0.2, 0) is 13.0 Å². The van der Waals surface area contributed by atoms with E-state index in [4.69, 9.17) is 4.98 Å². The molecule has 3 heteroatoms. The van der Waals surface area contributed by atoms with Gasteiger partial charge in [-0.15, -0.1) is 0 Å². The largest absolute Gasteiger partial charge is 0.300 e. The fourth-order valence-electron chi connectivity index (χ4n) is 3.52. The fraction of sp³-hybridized carbons (Fsp3) is 0.773. The van der Waals surface area contributed by atoms with E-state index >= 15 is 0 Å². The summed E-state index contributed by atoms with van der Waals surface area (Å²) in [6.07, 6.45) is 5.76. The molecule has 1 aliphatic rings. The molecule has 2 rings (SSSR count). The Kier molecular flexibility index (Phi) is 7.04. The van der Waals surface area contributed by atoms with E-state index in [0.717, 1.165) is 26.1 Å². The number of piperazine rings is 1. The van der Waals surface area contributed by atoms with E-state index in [-0.39, 0.29) is 0 Å². The summed E-state index contributed by atoms with van der Waals surface area (Å²) < 4.78 is 0. The van der Waals surface area contributed by atoms with Gasteiger partial charge in [0.05, 0.1) is 5.69 Å². The van der Waals surface area contributed by atoms with Crippen molar-refractivity contribution in [3.05, 3.63) is 29.6 Å². The molecule has 142 valence electrons. The molecule has 2 heterocycles. The maximum absolute atomic E-state index is 4.71. The quantitative estimate of drug-likeness (QED) is 0.750. The Morgan fingerprint density at radius 3 is 2.04 bits per heavy atom. The van der Waals surface area contributed by atoms with Gasteiger partial charge in [0.2, 0.25) is 0 Å². The Balaban J connectivity index is 1.73. The summed E-state index contributed by atoms with van der Waals surface area (Å²) in [5.41, 5.74) is 3.42. The van der Waals surface area contributed by atoms with Crippen LogP contribution in [-0.4, -0.2) is 47.5 Å². The minimum absolute atomic E-state index is 0.395. The molecule has 1 aromatic rings. The number of nitrogens with zero attached hydrogens (tertiary/aromatic N) is 3. The predicted molar refractivity (Wildman–Crippen MR) is 108 cm³/mol. The highest BCUT2D eigenvalue weighted by atomic mass is 15.3. The number of rotatable bonds is 6. The molecule has 0 spiro atoms. The Morgan fingerprint density at radius 2 is 1.52 bits per heavy atom. The minimum Gasteiger partial charge on any atom is -0.300 e. The van der Waals surface area contributed by atoms with Gasteiger partial charge in [0.25, 0.3) is 0 Å². The van der Waals surface area contributed by atoms with Crippen LogP contribution >= 0.6 is 0 Å². The van der Waals surface area contributed by atoms with Gasteiger partial charge in [-0.3, -0.25) is 9.88 Å². The van der Waals surface area contributed by atoms with Gasteiger partial charge in [0, 0.05) is 45.5 Å². The third-order valence-corrected chi connectivity index (χ3v) is 4.83. The van der Waals surface area contributed by atoms with Crippen LogP contribution in [0.15, 0.2) is 18.3 Å². The van der Waals surface area contributed by atoms with E-state index in [1.165, 1.54) is 43.7 Å². The molecule has 0 N–H and O–H groups in total. The summed E-state index contributed by atoms with van der Waals surface area (Å²) >= 11 is 0. The lowest BCUT2D eigenvalue weighted by atomic mass is 9.89. The molecule has 0 unspecified atom stereocenters. The Hall–Kier alpha value is -0.930. The Bertz CT molecular complexity index is 500. The second-order valence-electron chi connectivity index (χ2n) is 10.2. The predicted octanol–water partition coefficient (Wildman–Crippen LogP) is 4.61. The van der Waals surface area contributed by atoms with Gasteiger partial charge in [-0.2, -0.15) is 0 Å². The van der Waals surface area contributed by atoms with Gasteiger partial charge >= 0.3 is 0 Å². The number of hydrogen-bond donors (Lipinski definition) is 0. The van der Waals surface area contributed by atoms with Crippen LogP contribution < -0.4 is 0 Å². The van der Waals surface area contributed by atoms with Crippen molar-refractivity contribution in [2.75, 3.05) is 32.7 Å². The van der Waals surface area contributed by atoms with E-state index in [1.54, 1.807) is 0 Å². The first kappa shape index (κ1) is 20.4. The lowest BCUT2D eigenvalue weighted by Gasteiger charge is -2.37. The van der Waals surface area contributed by atoms with Crippen LogP contribution in [0.3, 0.4) is 0 Å². The van der Waals surface area contributed by atoms with Crippen molar-refractivity contribution in [2.45, 2.75) is 67.3 Å². The highest BCUT2D eigenvalue weighted by Gasteiger charge is 2.21. The number of aromatic nitrogens is 1. The zero-order valence-corrected chi connectivity index (χ0v) is 17.4. The van der Waals surface area contributed by atoms with Crippen molar-refractivity contribution in [3.8, 4) is 0 Å². The molecule has 0 radical (unpaired) electrons. The average molecular weight is 346 g/mol. The molecule has 1 saturated heterocycles. The second-order valence-corrected chi connectivity index (χ2v) is 10.2. The number of pyridine rings is 1. The van der Waals surface area contributed by atoms with Crippen molar-refractivity contribution in [2.24, 2.45) is 10.8 Å². The summed E-state index contributed by atoms with van der Waals surface area (Å²) in [6, 6.07) is 4.51. The topological polar surface area (TPSA) is 19.4 Å². The van der Waals surface area contributed by atoms with Crippen LogP contribution in [0, 0.1) is 10.8 Å². The molecule has 0 aliphatic carbocycles. The molecule has 0 bridgehead atoms. The zero-order valence-electron chi connectivity index (χ0n) is 17.4. The third kappa shape index (κ3) is 8.33. The van der Waals surface area contributed by atoms with Crippen LogP contribution in [0.4, 0.5) is 0 Å². The lowest BCUT2D eigenvalue weighted by molar-refractivity contribution is 0.0976. The fourth-order valence-corrected chi connectivity index (χ4v) is 3.52. The van der Waals surface area contributed by atoms with E-state index in [1.807, 2.05) is 0 Å². The summed E-state index contributed by atoms with van der Waals surface area (Å²) in [7, 11) is 0. The highest BCUT2D eigenvalue weighted by molar-refractivity contribution is 5.14. The van der Waals surface area contributed by atoms with Crippen LogP contribution in [0.25, 0.3) is 0 Å². The van der Waals surface area contributed by atoms with Gasteiger partial charge in [-0.1, -0.05) is 47.6 Å². The maximum Gasteiger partial charge on any atom is 0.0544 e. The number of hydrogen-bond acceptors (Lipinski definition) is 3. The molecule has 0 saturated carbocycles. The summed E-state index contributed by atoms with van der Waals surface area (Å²) in [4.78, 5) is 9.85. The minimum atomic E-state index is 0.395. The molecule has 1 aliphatic heterocycles. The van der Waals surface area contributed by atoms with Gasteiger partial charge < -0.3 is 4.90 Å². The molecule has 0 aromatic carbocycles. The van der Waals surface area contributed by atoms with Crippen molar-refractivity contribution in [3.63, 3.8) is 0 Å². The summed E-state index contributed by atoms with van der Waals surface area (Å²) in [5, 5.41) is 0. The zero-order chi connectivity index (χ0) is 18.5. The first-order chi connectivity index (χ1) is 11.6. The summed E-state index contributed by atoms with van der Waals surface area (Å²) in [5.74, 6) is 0. The molecule has 1 fully saturated rings. The molecular weight excluding hydrogens is 306 g/mol. The smallest absolute Gasteiger partial charge is 0.0544 e. The first-order valence-corrected chi connectivity index (χ1v) is 9.99. The van der Waals surface area contributed by atoms with Crippen molar-refractivity contribution in [1.29, 1.82) is 0 Å². The molecule has 0 atom stereocenters. The Morgan fingerprint density at radius 1 is 0.880 bits per heavy atom. The van der Waals surface area contributed by atoms with Crippen molar-refractivity contribution >= 4 is 0 Å². The van der Waals surface area contributed by atoms with Gasteiger partial charge in [0.1, 0.15) is 0 Å². The molecule has 25 heavy (non-hydrogen) atoms. The SMILES string of the molecule is CC(C)(C)CCCc1ccc(CN2CCN(CC(C)(C)C)CC2)nc1.